The van der Waals surface area contributed by atoms with Crippen LogP contribution in [0.2, 0.25) is 0 Å². The Hall–Kier alpha value is 0.0700. The van der Waals surface area contributed by atoms with Gasteiger partial charge in [-0.2, -0.15) is 0 Å². The molecule has 0 aromatic rings. The first kappa shape index (κ1) is 11.1. The second-order valence-electron chi connectivity index (χ2n) is 3.78. The molecule has 1 fully saturated rings. The summed E-state index contributed by atoms with van der Waals surface area (Å²) in [5, 5.41) is 3.38. The third-order valence-electron chi connectivity index (χ3n) is 2.26. The molecule has 0 aromatic carbocycles. The van der Waals surface area contributed by atoms with Crippen molar-refractivity contribution in [3.8, 4) is 0 Å². The van der Waals surface area contributed by atoms with Crippen LogP contribution in [-0.4, -0.2) is 42.0 Å². The van der Waals surface area contributed by atoms with Gasteiger partial charge in [-0.15, -0.1) is 0 Å². The molecule has 1 saturated heterocycles. The van der Waals surface area contributed by atoms with Crippen LogP contribution in [0.5, 0.6) is 0 Å². The smallest absolute Gasteiger partial charge is 0.0507 e. The summed E-state index contributed by atoms with van der Waals surface area (Å²) in [7, 11) is -0.692. The molecular weight excluding hydrogens is 186 g/mol. The largest absolute Gasteiger partial charge is 0.381 e. The van der Waals surface area contributed by atoms with Crippen LogP contribution in [0.15, 0.2) is 0 Å². The van der Waals surface area contributed by atoms with Gasteiger partial charge in [0.1, 0.15) is 0 Å². The quantitative estimate of drug-likeness (QED) is 0.705. The van der Waals surface area contributed by atoms with Crippen molar-refractivity contribution in [1.29, 1.82) is 0 Å². The predicted octanol–water partition coefficient (Wildman–Crippen LogP) is 0.379. The molecule has 1 N–H and O–H groups in total. The summed E-state index contributed by atoms with van der Waals surface area (Å²) in [5.41, 5.74) is 0. The number of rotatable bonds is 5. The minimum Gasteiger partial charge on any atom is -0.381 e. The maximum absolute atomic E-state index is 10.9. The minimum atomic E-state index is -0.692. The highest BCUT2D eigenvalue weighted by molar-refractivity contribution is 7.84. The molecule has 0 amide bonds. The number of ether oxygens (including phenoxy) is 1. The second kappa shape index (κ2) is 5.73. The summed E-state index contributed by atoms with van der Waals surface area (Å²) in [6, 6.07) is 0.353. The monoisotopic (exact) mass is 205 g/mol. The first-order chi connectivity index (χ1) is 6.18. The molecule has 0 aliphatic carbocycles. The third kappa shape index (κ3) is 4.74. The Morgan fingerprint density at radius 2 is 2.46 bits per heavy atom. The lowest BCUT2D eigenvalue weighted by Gasteiger charge is -2.14. The Morgan fingerprint density at radius 1 is 1.69 bits per heavy atom. The van der Waals surface area contributed by atoms with Gasteiger partial charge in [0, 0.05) is 42.0 Å². The molecule has 0 saturated carbocycles. The van der Waals surface area contributed by atoms with Gasteiger partial charge in [-0.3, -0.25) is 4.21 Å². The summed E-state index contributed by atoms with van der Waals surface area (Å²) in [6.07, 6.45) is 2.91. The van der Waals surface area contributed by atoms with E-state index >= 15 is 0 Å². The molecule has 0 aromatic heterocycles. The molecule has 1 heterocycles. The van der Waals surface area contributed by atoms with Crippen LogP contribution in [0.3, 0.4) is 0 Å². The lowest BCUT2D eigenvalue weighted by molar-refractivity contribution is 0.185. The van der Waals surface area contributed by atoms with E-state index in [2.05, 4.69) is 12.2 Å². The Labute approximate surface area is 82.7 Å². The zero-order chi connectivity index (χ0) is 9.68. The predicted molar refractivity (Wildman–Crippen MR) is 55.3 cm³/mol. The molecule has 13 heavy (non-hydrogen) atoms. The van der Waals surface area contributed by atoms with E-state index < -0.39 is 10.8 Å². The van der Waals surface area contributed by atoms with Crippen LogP contribution in [0.25, 0.3) is 0 Å². The van der Waals surface area contributed by atoms with Crippen molar-refractivity contribution in [3.05, 3.63) is 0 Å². The summed E-state index contributed by atoms with van der Waals surface area (Å²) >= 11 is 0. The molecule has 1 aliphatic rings. The Kier molecular flexibility index (Phi) is 4.91. The van der Waals surface area contributed by atoms with Gasteiger partial charge in [0.25, 0.3) is 0 Å². The Balaban J connectivity index is 2.06. The van der Waals surface area contributed by atoms with Gasteiger partial charge < -0.3 is 10.1 Å². The summed E-state index contributed by atoms with van der Waals surface area (Å²) in [5.74, 6) is 1.40. The number of hydrogen-bond donors (Lipinski definition) is 1. The van der Waals surface area contributed by atoms with E-state index in [1.165, 1.54) is 0 Å². The van der Waals surface area contributed by atoms with Crippen molar-refractivity contribution in [1.82, 2.24) is 5.32 Å². The highest BCUT2D eigenvalue weighted by Crippen LogP contribution is 2.10. The zero-order valence-electron chi connectivity index (χ0n) is 8.41. The molecule has 1 aliphatic heterocycles. The van der Waals surface area contributed by atoms with E-state index in [0.717, 1.165) is 31.9 Å². The number of nitrogens with one attached hydrogen (secondary N) is 1. The highest BCUT2D eigenvalue weighted by Gasteiger charge is 2.16. The SMILES string of the molecule is CC(CS(C)=O)NCC1CCOC1. The van der Waals surface area contributed by atoms with Crippen LogP contribution in [0.1, 0.15) is 13.3 Å². The van der Waals surface area contributed by atoms with E-state index in [1.807, 2.05) is 0 Å². The summed E-state index contributed by atoms with van der Waals surface area (Å²) in [4.78, 5) is 0. The third-order valence-corrected chi connectivity index (χ3v) is 3.23. The van der Waals surface area contributed by atoms with E-state index in [4.69, 9.17) is 4.74 Å². The van der Waals surface area contributed by atoms with Crippen LogP contribution < -0.4 is 5.32 Å². The van der Waals surface area contributed by atoms with Crippen molar-refractivity contribution in [2.75, 3.05) is 31.8 Å². The van der Waals surface area contributed by atoms with E-state index in [1.54, 1.807) is 6.26 Å². The molecule has 1 rings (SSSR count). The normalized spacial score (nSPS) is 27.4. The molecule has 0 radical (unpaired) electrons. The van der Waals surface area contributed by atoms with E-state index in [-0.39, 0.29) is 0 Å². The van der Waals surface area contributed by atoms with Crippen LogP contribution >= 0.6 is 0 Å². The molecule has 3 nitrogen and oxygen atoms in total. The molecule has 0 spiro atoms. The van der Waals surface area contributed by atoms with E-state index in [0.29, 0.717) is 12.0 Å². The fourth-order valence-electron chi connectivity index (χ4n) is 1.52. The zero-order valence-corrected chi connectivity index (χ0v) is 9.23. The first-order valence-corrected chi connectivity index (χ1v) is 6.52. The average Bonchev–Trinajstić information content (AvgIpc) is 2.51. The van der Waals surface area contributed by atoms with Crippen molar-refractivity contribution >= 4 is 10.8 Å². The summed E-state index contributed by atoms with van der Waals surface area (Å²) < 4.78 is 16.2. The van der Waals surface area contributed by atoms with Gasteiger partial charge >= 0.3 is 0 Å². The highest BCUT2D eigenvalue weighted by atomic mass is 32.2. The van der Waals surface area contributed by atoms with Crippen molar-refractivity contribution < 1.29 is 8.95 Å². The topological polar surface area (TPSA) is 38.3 Å². The molecular formula is C9H19NO2S. The first-order valence-electron chi connectivity index (χ1n) is 4.79. The fraction of sp³-hybridized carbons (Fsp3) is 1.00. The lowest BCUT2D eigenvalue weighted by Crippen LogP contribution is -2.35. The van der Waals surface area contributed by atoms with Gasteiger partial charge in [0.05, 0.1) is 6.61 Å². The van der Waals surface area contributed by atoms with Gasteiger partial charge in [-0.25, -0.2) is 0 Å². The van der Waals surface area contributed by atoms with E-state index in [9.17, 15) is 4.21 Å². The summed E-state index contributed by atoms with van der Waals surface area (Å²) in [6.45, 7) is 4.87. The van der Waals surface area contributed by atoms with Crippen LogP contribution in [0, 0.1) is 5.92 Å². The minimum absolute atomic E-state index is 0.353. The molecule has 3 unspecified atom stereocenters. The molecule has 4 heteroatoms. The van der Waals surface area contributed by atoms with Gasteiger partial charge in [0.15, 0.2) is 0 Å². The Morgan fingerprint density at radius 3 is 3.00 bits per heavy atom. The van der Waals surface area contributed by atoms with Gasteiger partial charge in [-0.1, -0.05) is 0 Å². The maximum Gasteiger partial charge on any atom is 0.0507 e. The molecule has 78 valence electrons. The molecule has 3 atom stereocenters. The van der Waals surface area contributed by atoms with Crippen molar-refractivity contribution in [3.63, 3.8) is 0 Å². The molecule has 0 bridgehead atoms. The average molecular weight is 205 g/mol. The van der Waals surface area contributed by atoms with Gasteiger partial charge in [-0.05, 0) is 19.3 Å². The fourth-order valence-corrected chi connectivity index (χ4v) is 2.35. The lowest BCUT2D eigenvalue weighted by atomic mass is 10.1. The van der Waals surface area contributed by atoms with Crippen molar-refractivity contribution in [2.24, 2.45) is 5.92 Å². The van der Waals surface area contributed by atoms with Gasteiger partial charge in [0.2, 0.25) is 0 Å². The van der Waals surface area contributed by atoms with Crippen LogP contribution in [-0.2, 0) is 15.5 Å². The Bertz CT molecular complexity index is 169. The van der Waals surface area contributed by atoms with Crippen LogP contribution in [0.4, 0.5) is 0 Å². The standard InChI is InChI=1S/C9H19NO2S/c1-8(7-13(2)11)10-5-9-3-4-12-6-9/h8-10H,3-7H2,1-2H3. The maximum atomic E-state index is 10.9. The van der Waals surface area contributed by atoms with Crippen molar-refractivity contribution in [2.45, 2.75) is 19.4 Å². The number of hydrogen-bond acceptors (Lipinski definition) is 3. The second-order valence-corrected chi connectivity index (χ2v) is 5.26.